The molecule has 0 radical (unpaired) electrons. The minimum Gasteiger partial charge on any atom is -0.494 e. The van der Waals surface area contributed by atoms with Crippen LogP contribution in [0.15, 0.2) is 24.3 Å². The van der Waals surface area contributed by atoms with Gasteiger partial charge in [0.15, 0.2) is 0 Å². The van der Waals surface area contributed by atoms with Crippen molar-refractivity contribution < 1.29 is 14.3 Å². The second-order valence-corrected chi connectivity index (χ2v) is 4.89. The number of esters is 1. The van der Waals surface area contributed by atoms with Gasteiger partial charge in [-0.2, -0.15) is 0 Å². The van der Waals surface area contributed by atoms with Gasteiger partial charge >= 0.3 is 5.97 Å². The molecule has 1 aromatic rings. The Balaban J connectivity index is 3.21. The number of para-hydroxylation sites is 1. The highest BCUT2D eigenvalue weighted by Gasteiger charge is 2.36. The SMILES string of the molecule is CCOc1ccccc1C(C)(CC(=O)OC)C(C)N. The summed E-state index contributed by atoms with van der Waals surface area (Å²) >= 11 is 0. The third-order valence-corrected chi connectivity index (χ3v) is 3.55. The van der Waals surface area contributed by atoms with Crippen LogP contribution in [0.4, 0.5) is 0 Å². The molecule has 2 atom stereocenters. The maximum absolute atomic E-state index is 11.7. The number of rotatable bonds is 6. The van der Waals surface area contributed by atoms with E-state index >= 15 is 0 Å². The van der Waals surface area contributed by atoms with E-state index in [-0.39, 0.29) is 18.4 Å². The summed E-state index contributed by atoms with van der Waals surface area (Å²) in [5, 5.41) is 0. The molecule has 0 aliphatic carbocycles. The normalized spacial score (nSPS) is 15.4. The average Bonchev–Trinajstić information content (AvgIpc) is 2.39. The molecule has 0 saturated heterocycles. The first-order chi connectivity index (χ1) is 8.95. The average molecular weight is 265 g/mol. The number of hydrogen-bond donors (Lipinski definition) is 1. The Bertz CT molecular complexity index is 431. The van der Waals surface area contributed by atoms with E-state index in [2.05, 4.69) is 0 Å². The Hall–Kier alpha value is -1.55. The van der Waals surface area contributed by atoms with Crippen LogP contribution >= 0.6 is 0 Å². The summed E-state index contributed by atoms with van der Waals surface area (Å²) in [4.78, 5) is 11.7. The van der Waals surface area contributed by atoms with Crippen molar-refractivity contribution in [1.82, 2.24) is 0 Å². The molecule has 19 heavy (non-hydrogen) atoms. The molecule has 2 N–H and O–H groups in total. The highest BCUT2D eigenvalue weighted by atomic mass is 16.5. The summed E-state index contributed by atoms with van der Waals surface area (Å²) in [6.45, 7) is 6.36. The second kappa shape index (κ2) is 6.57. The summed E-state index contributed by atoms with van der Waals surface area (Å²) < 4.78 is 10.4. The quantitative estimate of drug-likeness (QED) is 0.801. The van der Waals surface area contributed by atoms with Crippen LogP contribution in [0.3, 0.4) is 0 Å². The van der Waals surface area contributed by atoms with Crippen LogP contribution in [0.1, 0.15) is 32.8 Å². The summed E-state index contributed by atoms with van der Waals surface area (Å²) in [5.74, 6) is 0.500. The molecule has 0 fully saturated rings. The molecule has 106 valence electrons. The maximum Gasteiger partial charge on any atom is 0.306 e. The van der Waals surface area contributed by atoms with E-state index in [0.717, 1.165) is 11.3 Å². The lowest BCUT2D eigenvalue weighted by Crippen LogP contribution is -2.43. The van der Waals surface area contributed by atoms with Crippen molar-refractivity contribution in [3.05, 3.63) is 29.8 Å². The number of hydrogen-bond acceptors (Lipinski definition) is 4. The van der Waals surface area contributed by atoms with E-state index in [1.165, 1.54) is 7.11 Å². The van der Waals surface area contributed by atoms with Crippen molar-refractivity contribution in [3.8, 4) is 5.75 Å². The topological polar surface area (TPSA) is 61.5 Å². The molecule has 0 amide bonds. The number of ether oxygens (including phenoxy) is 2. The van der Waals surface area contributed by atoms with Gasteiger partial charge in [-0.05, 0) is 19.9 Å². The number of carbonyl (C=O) groups excluding carboxylic acids is 1. The third-order valence-electron chi connectivity index (χ3n) is 3.55. The zero-order valence-corrected chi connectivity index (χ0v) is 12.1. The Morgan fingerprint density at radius 3 is 2.58 bits per heavy atom. The van der Waals surface area contributed by atoms with Crippen LogP contribution in [0.2, 0.25) is 0 Å². The van der Waals surface area contributed by atoms with Crippen LogP contribution < -0.4 is 10.5 Å². The van der Waals surface area contributed by atoms with Gasteiger partial charge in [-0.25, -0.2) is 0 Å². The van der Waals surface area contributed by atoms with Crippen molar-refractivity contribution in [2.24, 2.45) is 5.73 Å². The van der Waals surface area contributed by atoms with E-state index in [1.807, 2.05) is 45.0 Å². The largest absolute Gasteiger partial charge is 0.494 e. The van der Waals surface area contributed by atoms with Crippen molar-refractivity contribution in [1.29, 1.82) is 0 Å². The van der Waals surface area contributed by atoms with Gasteiger partial charge in [0, 0.05) is 17.0 Å². The van der Waals surface area contributed by atoms with Crippen molar-refractivity contribution in [2.45, 2.75) is 38.6 Å². The first-order valence-electron chi connectivity index (χ1n) is 6.50. The minimum atomic E-state index is -0.515. The maximum atomic E-state index is 11.7. The fourth-order valence-corrected chi connectivity index (χ4v) is 2.09. The zero-order chi connectivity index (χ0) is 14.5. The van der Waals surface area contributed by atoms with Crippen molar-refractivity contribution in [2.75, 3.05) is 13.7 Å². The molecule has 0 aliphatic heterocycles. The van der Waals surface area contributed by atoms with E-state index < -0.39 is 5.41 Å². The Labute approximate surface area is 114 Å². The van der Waals surface area contributed by atoms with Gasteiger partial charge in [0.05, 0.1) is 20.1 Å². The molecule has 0 aromatic heterocycles. The highest BCUT2D eigenvalue weighted by molar-refractivity contribution is 5.72. The van der Waals surface area contributed by atoms with Gasteiger partial charge in [-0.1, -0.05) is 25.1 Å². The molecule has 0 aliphatic rings. The fourth-order valence-electron chi connectivity index (χ4n) is 2.09. The molecule has 0 saturated carbocycles. The lowest BCUT2D eigenvalue weighted by atomic mass is 9.74. The number of methoxy groups -OCH3 is 1. The standard InChI is InChI=1S/C15H23NO3/c1-5-19-13-9-7-6-8-12(13)15(3,11(2)16)10-14(17)18-4/h6-9,11H,5,10,16H2,1-4H3. The van der Waals surface area contributed by atoms with Crippen molar-refractivity contribution in [3.63, 3.8) is 0 Å². The third kappa shape index (κ3) is 3.47. The summed E-state index contributed by atoms with van der Waals surface area (Å²) in [7, 11) is 1.39. The van der Waals surface area contributed by atoms with E-state index in [4.69, 9.17) is 15.2 Å². The highest BCUT2D eigenvalue weighted by Crippen LogP contribution is 2.37. The molecule has 0 spiro atoms. The molecular formula is C15H23NO3. The Kier molecular flexibility index (Phi) is 5.36. The Morgan fingerprint density at radius 1 is 1.42 bits per heavy atom. The molecule has 1 rings (SSSR count). The van der Waals surface area contributed by atoms with Gasteiger partial charge in [0.25, 0.3) is 0 Å². The summed E-state index contributed by atoms with van der Waals surface area (Å²) in [5.41, 5.74) is 6.53. The zero-order valence-electron chi connectivity index (χ0n) is 12.1. The fraction of sp³-hybridized carbons (Fsp3) is 0.533. The van der Waals surface area contributed by atoms with Crippen LogP contribution in [-0.2, 0) is 14.9 Å². The van der Waals surface area contributed by atoms with Crippen LogP contribution in [0.5, 0.6) is 5.75 Å². The molecule has 4 heteroatoms. The summed E-state index contributed by atoms with van der Waals surface area (Å²) in [6, 6.07) is 7.49. The van der Waals surface area contributed by atoms with E-state index in [1.54, 1.807) is 0 Å². The number of nitrogens with two attached hydrogens (primary N) is 1. The van der Waals surface area contributed by atoms with Gasteiger partial charge in [0.2, 0.25) is 0 Å². The number of carbonyl (C=O) groups is 1. The number of benzene rings is 1. The van der Waals surface area contributed by atoms with Crippen molar-refractivity contribution >= 4 is 5.97 Å². The molecule has 0 bridgehead atoms. The lowest BCUT2D eigenvalue weighted by molar-refractivity contribution is -0.142. The van der Waals surface area contributed by atoms with Crippen LogP contribution in [-0.4, -0.2) is 25.7 Å². The van der Waals surface area contributed by atoms with Gasteiger partial charge in [0.1, 0.15) is 5.75 Å². The molecule has 2 unspecified atom stereocenters. The predicted octanol–water partition coefficient (Wildman–Crippen LogP) is 2.25. The Morgan fingerprint density at radius 2 is 2.05 bits per heavy atom. The van der Waals surface area contributed by atoms with Crippen LogP contribution in [0, 0.1) is 0 Å². The monoisotopic (exact) mass is 265 g/mol. The van der Waals surface area contributed by atoms with Crippen LogP contribution in [0.25, 0.3) is 0 Å². The first-order valence-corrected chi connectivity index (χ1v) is 6.50. The first kappa shape index (κ1) is 15.5. The molecular weight excluding hydrogens is 242 g/mol. The molecule has 1 aromatic carbocycles. The van der Waals surface area contributed by atoms with E-state index in [0.29, 0.717) is 6.61 Å². The van der Waals surface area contributed by atoms with Gasteiger partial charge in [-0.15, -0.1) is 0 Å². The molecule has 0 heterocycles. The molecule has 4 nitrogen and oxygen atoms in total. The predicted molar refractivity (Wildman–Crippen MR) is 75.2 cm³/mol. The lowest BCUT2D eigenvalue weighted by Gasteiger charge is -2.34. The van der Waals surface area contributed by atoms with Gasteiger partial charge < -0.3 is 15.2 Å². The van der Waals surface area contributed by atoms with Gasteiger partial charge in [-0.3, -0.25) is 4.79 Å². The summed E-state index contributed by atoms with van der Waals surface area (Å²) in [6.07, 6.45) is 0.227. The second-order valence-electron chi connectivity index (χ2n) is 4.89. The minimum absolute atomic E-state index is 0.201. The van der Waals surface area contributed by atoms with E-state index in [9.17, 15) is 4.79 Å². The smallest absolute Gasteiger partial charge is 0.306 e.